The molecule has 0 aromatic rings. The summed E-state index contributed by atoms with van der Waals surface area (Å²) in [4.78, 5) is 2.27. The molecule has 1 saturated heterocycles. The number of alkyl halides is 3. The lowest BCUT2D eigenvalue weighted by molar-refractivity contribution is -0.194. The molecular formula is C13H23F3N2S. The van der Waals surface area contributed by atoms with Crippen LogP contribution < -0.4 is 5.73 Å². The minimum atomic E-state index is -4.07. The lowest BCUT2D eigenvalue weighted by Crippen LogP contribution is -2.62. The van der Waals surface area contributed by atoms with Gasteiger partial charge in [-0.2, -0.15) is 24.9 Å². The van der Waals surface area contributed by atoms with Crippen LogP contribution in [0.15, 0.2) is 0 Å². The van der Waals surface area contributed by atoms with Crippen LogP contribution in [-0.2, 0) is 0 Å². The molecule has 0 aromatic heterocycles. The molecule has 0 bridgehead atoms. The molecule has 1 aliphatic carbocycles. The second kappa shape index (κ2) is 5.82. The zero-order valence-corrected chi connectivity index (χ0v) is 12.2. The molecule has 6 heteroatoms. The summed E-state index contributed by atoms with van der Waals surface area (Å²) >= 11 is 1.88. The Labute approximate surface area is 117 Å². The highest BCUT2D eigenvalue weighted by molar-refractivity contribution is 7.99. The van der Waals surface area contributed by atoms with Crippen molar-refractivity contribution in [2.24, 2.45) is 11.7 Å². The van der Waals surface area contributed by atoms with E-state index in [1.54, 1.807) is 0 Å². The van der Waals surface area contributed by atoms with Gasteiger partial charge in [0.25, 0.3) is 0 Å². The predicted octanol–water partition coefficient (Wildman–Crippen LogP) is 2.87. The first-order chi connectivity index (χ1) is 8.89. The second-order valence-electron chi connectivity index (χ2n) is 5.88. The van der Waals surface area contributed by atoms with Crippen LogP contribution in [0.2, 0.25) is 0 Å². The summed E-state index contributed by atoms with van der Waals surface area (Å²) in [7, 11) is 0. The van der Waals surface area contributed by atoms with E-state index < -0.39 is 17.6 Å². The molecule has 19 heavy (non-hydrogen) atoms. The molecule has 2 aliphatic rings. The monoisotopic (exact) mass is 296 g/mol. The van der Waals surface area contributed by atoms with Crippen LogP contribution in [0, 0.1) is 5.92 Å². The maximum absolute atomic E-state index is 13.0. The van der Waals surface area contributed by atoms with E-state index in [1.807, 2.05) is 11.8 Å². The number of rotatable bonds is 2. The number of hydrogen-bond acceptors (Lipinski definition) is 3. The molecule has 1 heterocycles. The van der Waals surface area contributed by atoms with Gasteiger partial charge < -0.3 is 5.73 Å². The molecule has 1 saturated carbocycles. The van der Waals surface area contributed by atoms with E-state index in [1.165, 1.54) is 0 Å². The Hall–Kier alpha value is 0.0600. The Morgan fingerprint density at radius 2 is 2.16 bits per heavy atom. The van der Waals surface area contributed by atoms with Crippen LogP contribution in [0.1, 0.15) is 32.6 Å². The Balaban J connectivity index is 2.16. The Morgan fingerprint density at radius 1 is 1.42 bits per heavy atom. The normalized spacial score (nSPS) is 38.4. The van der Waals surface area contributed by atoms with Gasteiger partial charge in [0.1, 0.15) is 0 Å². The van der Waals surface area contributed by atoms with Crippen molar-refractivity contribution in [1.82, 2.24) is 4.90 Å². The largest absolute Gasteiger partial charge is 0.391 e. The summed E-state index contributed by atoms with van der Waals surface area (Å²) in [6.45, 7) is 3.32. The lowest BCUT2D eigenvalue weighted by Gasteiger charge is -2.52. The summed E-state index contributed by atoms with van der Waals surface area (Å²) in [5, 5.41) is 0. The number of nitrogens with zero attached hydrogens (tertiary/aromatic N) is 1. The molecule has 1 aliphatic heterocycles. The third-order valence-electron chi connectivity index (χ3n) is 4.64. The molecule has 2 N–H and O–H groups in total. The zero-order valence-electron chi connectivity index (χ0n) is 11.4. The van der Waals surface area contributed by atoms with Crippen LogP contribution in [-0.4, -0.2) is 47.3 Å². The van der Waals surface area contributed by atoms with E-state index >= 15 is 0 Å². The van der Waals surface area contributed by atoms with Crippen molar-refractivity contribution < 1.29 is 13.2 Å². The third-order valence-corrected chi connectivity index (χ3v) is 5.83. The Morgan fingerprint density at radius 3 is 2.74 bits per heavy atom. The van der Waals surface area contributed by atoms with Gasteiger partial charge in [-0.25, -0.2) is 0 Å². The fourth-order valence-corrected chi connectivity index (χ4v) is 4.63. The summed E-state index contributed by atoms with van der Waals surface area (Å²) < 4.78 is 39.1. The number of thioether (sulfide) groups is 1. The molecule has 0 radical (unpaired) electrons. The van der Waals surface area contributed by atoms with E-state index in [0.29, 0.717) is 19.0 Å². The molecule has 2 fully saturated rings. The number of halogens is 3. The van der Waals surface area contributed by atoms with Gasteiger partial charge in [-0.1, -0.05) is 6.42 Å². The summed E-state index contributed by atoms with van der Waals surface area (Å²) in [6, 6.07) is 0.328. The van der Waals surface area contributed by atoms with Gasteiger partial charge in [0.05, 0.1) is 5.92 Å². The zero-order chi connectivity index (χ0) is 14.1. The highest BCUT2D eigenvalue weighted by atomic mass is 32.2. The van der Waals surface area contributed by atoms with Crippen molar-refractivity contribution in [1.29, 1.82) is 0 Å². The first-order valence-corrected chi connectivity index (χ1v) is 8.16. The highest BCUT2D eigenvalue weighted by Crippen LogP contribution is 2.45. The molecule has 2 nitrogen and oxygen atoms in total. The molecule has 112 valence electrons. The first-order valence-electron chi connectivity index (χ1n) is 7.00. The van der Waals surface area contributed by atoms with Crippen molar-refractivity contribution in [2.45, 2.75) is 50.4 Å². The average Bonchev–Trinajstić information content (AvgIpc) is 2.38. The van der Waals surface area contributed by atoms with Gasteiger partial charge in [-0.3, -0.25) is 4.90 Å². The van der Waals surface area contributed by atoms with Crippen LogP contribution in [0.5, 0.6) is 0 Å². The highest BCUT2D eigenvalue weighted by Gasteiger charge is 2.50. The topological polar surface area (TPSA) is 29.3 Å². The summed E-state index contributed by atoms with van der Waals surface area (Å²) in [5.41, 5.74) is 5.49. The van der Waals surface area contributed by atoms with E-state index in [2.05, 4.69) is 11.8 Å². The minimum absolute atomic E-state index is 0.183. The van der Waals surface area contributed by atoms with Crippen LogP contribution in [0.25, 0.3) is 0 Å². The van der Waals surface area contributed by atoms with Crippen LogP contribution >= 0.6 is 11.8 Å². The van der Waals surface area contributed by atoms with Crippen molar-refractivity contribution in [2.75, 3.05) is 24.6 Å². The number of nitrogens with two attached hydrogens (primary N) is 1. The minimum Gasteiger partial charge on any atom is -0.329 e. The summed E-state index contributed by atoms with van der Waals surface area (Å²) in [6.07, 6.45) is -2.18. The van der Waals surface area contributed by atoms with Crippen molar-refractivity contribution >= 4 is 11.8 Å². The average molecular weight is 296 g/mol. The lowest BCUT2D eigenvalue weighted by atomic mass is 9.73. The molecule has 0 spiro atoms. The quantitative estimate of drug-likeness (QED) is 0.849. The fraction of sp³-hybridized carbons (Fsp3) is 1.00. The van der Waals surface area contributed by atoms with E-state index in [0.717, 1.165) is 24.5 Å². The molecule has 2 rings (SSSR count). The van der Waals surface area contributed by atoms with Crippen molar-refractivity contribution in [3.05, 3.63) is 0 Å². The van der Waals surface area contributed by atoms with Gasteiger partial charge in [0, 0.05) is 36.2 Å². The van der Waals surface area contributed by atoms with E-state index in [-0.39, 0.29) is 12.8 Å². The molecule has 0 amide bonds. The predicted molar refractivity (Wildman–Crippen MR) is 73.3 cm³/mol. The second-order valence-corrected chi connectivity index (χ2v) is 7.03. The molecule has 0 aromatic carbocycles. The SMILES string of the molecule is CC1CSCCN1C1(CN)CCCC(C(F)(F)F)C1. The van der Waals surface area contributed by atoms with Gasteiger partial charge in [-0.05, 0) is 26.2 Å². The smallest absolute Gasteiger partial charge is 0.329 e. The van der Waals surface area contributed by atoms with Gasteiger partial charge in [0.2, 0.25) is 0 Å². The maximum atomic E-state index is 13.0. The summed E-state index contributed by atoms with van der Waals surface area (Å²) in [5.74, 6) is 0.827. The van der Waals surface area contributed by atoms with E-state index in [4.69, 9.17) is 5.73 Å². The number of hydrogen-bond donors (Lipinski definition) is 1. The van der Waals surface area contributed by atoms with Crippen molar-refractivity contribution in [3.8, 4) is 0 Å². The van der Waals surface area contributed by atoms with E-state index in [9.17, 15) is 13.2 Å². The molecular weight excluding hydrogens is 273 g/mol. The van der Waals surface area contributed by atoms with Crippen LogP contribution in [0.3, 0.4) is 0 Å². The Kier molecular flexibility index (Phi) is 4.73. The molecule has 3 atom stereocenters. The van der Waals surface area contributed by atoms with Crippen molar-refractivity contribution in [3.63, 3.8) is 0 Å². The third kappa shape index (κ3) is 3.22. The van der Waals surface area contributed by atoms with Gasteiger partial charge in [0.15, 0.2) is 0 Å². The first kappa shape index (κ1) is 15.4. The maximum Gasteiger partial charge on any atom is 0.391 e. The van der Waals surface area contributed by atoms with Crippen LogP contribution in [0.4, 0.5) is 13.2 Å². The van der Waals surface area contributed by atoms with Gasteiger partial charge >= 0.3 is 6.18 Å². The fourth-order valence-electron chi connectivity index (χ4n) is 3.62. The Bertz CT molecular complexity index is 311. The van der Waals surface area contributed by atoms with Gasteiger partial charge in [-0.15, -0.1) is 0 Å². The standard InChI is InChI=1S/C13H23F3N2S/c1-10-8-19-6-5-18(10)12(9-17)4-2-3-11(7-12)13(14,15)16/h10-11H,2-9,17H2,1H3. The molecule has 3 unspecified atom stereocenters.